The summed E-state index contributed by atoms with van der Waals surface area (Å²) in [6.07, 6.45) is 15.3. The van der Waals surface area contributed by atoms with E-state index >= 15 is 0 Å². The summed E-state index contributed by atoms with van der Waals surface area (Å²) in [5, 5.41) is 9.39. The van der Waals surface area contributed by atoms with Gasteiger partial charge in [-0.05, 0) is 99.5 Å². The number of hydrogen-bond acceptors (Lipinski definition) is 13. The Morgan fingerprint density at radius 2 is 1.06 bits per heavy atom. The van der Waals surface area contributed by atoms with Gasteiger partial charge >= 0.3 is 24.1 Å². The maximum atomic E-state index is 14.1. The van der Waals surface area contributed by atoms with E-state index in [1.54, 1.807) is 6.92 Å². The quantitative estimate of drug-likeness (QED) is 0.0353. The molecule has 478 valence electrons. The Bertz CT molecular complexity index is 3270. The van der Waals surface area contributed by atoms with Crippen molar-refractivity contribution in [3.8, 4) is 23.1 Å². The highest BCUT2D eigenvalue weighted by molar-refractivity contribution is 6.06. The second-order valence-electron chi connectivity index (χ2n) is 25.3. The normalized spacial score (nSPS) is 22.5. The van der Waals surface area contributed by atoms with E-state index in [0.717, 1.165) is 76.2 Å². The summed E-state index contributed by atoms with van der Waals surface area (Å²) in [5.41, 5.74) is 2.34. The number of rotatable bonds is 21. The largest absolute Gasteiger partial charge is 0.459 e. The van der Waals surface area contributed by atoms with Gasteiger partial charge in [-0.1, -0.05) is 132 Å². The molecule has 5 aromatic rings. The number of nitrogens with one attached hydrogen (secondary N) is 3. The van der Waals surface area contributed by atoms with E-state index in [9.17, 15) is 24.0 Å². The highest BCUT2D eigenvalue weighted by Crippen LogP contribution is 2.43. The number of carbonyl (C=O) groups excluding carboxylic acids is 5. The maximum Gasteiger partial charge on any atom is 0.415 e. The zero-order valence-electron chi connectivity index (χ0n) is 53.5. The molecule has 5 atom stereocenters. The van der Waals surface area contributed by atoms with Gasteiger partial charge in [0.05, 0.1) is 39.6 Å². The van der Waals surface area contributed by atoms with Gasteiger partial charge in [-0.2, -0.15) is 0 Å². The molecule has 4 aromatic heterocycles. The van der Waals surface area contributed by atoms with Crippen molar-refractivity contribution in [2.45, 2.75) is 184 Å². The number of aromatic nitrogens is 6. The van der Waals surface area contributed by atoms with Crippen molar-refractivity contribution in [1.82, 2.24) is 39.0 Å². The van der Waals surface area contributed by atoms with Crippen LogP contribution in [0.15, 0.2) is 18.2 Å². The van der Waals surface area contributed by atoms with Gasteiger partial charge in [0.25, 0.3) is 11.4 Å². The van der Waals surface area contributed by atoms with Crippen LogP contribution in [0.1, 0.15) is 190 Å². The average Bonchev–Trinajstić information content (AvgIpc) is 1.70. The molecule has 3 N–H and O–H groups in total. The summed E-state index contributed by atoms with van der Waals surface area (Å²) in [7, 11) is 0. The molecule has 22 heteroatoms. The predicted octanol–water partition coefficient (Wildman–Crippen LogP) is 14.1. The van der Waals surface area contributed by atoms with Crippen molar-refractivity contribution >= 4 is 58.4 Å². The first kappa shape index (κ1) is 66.5. The van der Waals surface area contributed by atoms with Crippen LogP contribution >= 0.6 is 0 Å². The molecule has 22 nitrogen and oxygen atoms in total. The van der Waals surface area contributed by atoms with Crippen LogP contribution in [0.4, 0.5) is 26.7 Å². The average molecular weight is 1220 g/mol. The Morgan fingerprint density at radius 1 is 0.625 bits per heavy atom. The Labute approximate surface area is 518 Å². The number of aryl methyl sites for hydroxylation is 2. The van der Waals surface area contributed by atoms with E-state index in [0.29, 0.717) is 87.3 Å². The molecule has 1 aromatic carbocycles. The lowest BCUT2D eigenvalue weighted by Crippen LogP contribution is -2.42. The lowest BCUT2D eigenvalue weighted by molar-refractivity contribution is -0.120. The van der Waals surface area contributed by atoms with Crippen molar-refractivity contribution in [2.75, 3.05) is 57.9 Å². The van der Waals surface area contributed by atoms with Crippen LogP contribution < -0.4 is 14.8 Å². The zero-order chi connectivity index (χ0) is 63.2. The van der Waals surface area contributed by atoms with Crippen molar-refractivity contribution in [1.29, 1.82) is 0 Å². The molecule has 2 aliphatic heterocycles. The van der Waals surface area contributed by atoms with Gasteiger partial charge in [-0.25, -0.2) is 47.9 Å². The number of hydrogen-bond donors (Lipinski definition) is 3. The number of amides is 3. The van der Waals surface area contributed by atoms with Gasteiger partial charge in [-0.3, -0.25) is 15.0 Å². The fraction of sp³-hybridized carbons (Fsp3) is 0.652. The summed E-state index contributed by atoms with van der Waals surface area (Å²) >= 11 is 0. The number of carbonyl (C=O) groups is 5. The number of fused-ring (bicyclic) bond motifs is 2. The molecule has 3 amide bonds. The van der Waals surface area contributed by atoms with Gasteiger partial charge in [0.15, 0.2) is 17.1 Å². The standard InChI is InChI=1S/C44H64N6O6.C22H29N5O5/c1-8-10-12-14-15-17-19-33(18-16-13-11-9-2)41(51)46-35-28-34(21-20-30(35)4)39-47-40-36(43(52)55-38-31(5)26-29(3)27-32(38)6)37(45-7)42(50(40)48-39)56-44(53)49-22-24-54-25-23-49;1-12-10-13(2)18(14(3)11-12)31-21(28)16-17(23-5)20(27-19(16)24-15(4)25-27)32-22(29)26-6-8-30-9-7-26/h20-21,28-29,31-33,38H,8-19,22-27H2,1-6H3,(H,46,51)(H,47,48);12-14,18H,6-11H2,1-4H3,(H,24,25). The second kappa shape index (κ2) is 31.2. The lowest BCUT2D eigenvalue weighted by atomic mass is 9.75. The van der Waals surface area contributed by atoms with Crippen LogP contribution in [-0.2, 0) is 23.7 Å². The summed E-state index contributed by atoms with van der Waals surface area (Å²) < 4.78 is 37.0. The van der Waals surface area contributed by atoms with Gasteiger partial charge < -0.3 is 43.5 Å². The van der Waals surface area contributed by atoms with Crippen molar-refractivity contribution < 1.29 is 52.4 Å². The van der Waals surface area contributed by atoms with Gasteiger partial charge in [0, 0.05) is 43.3 Å². The number of unbranched alkanes of at least 4 members (excludes halogenated alkanes) is 8. The summed E-state index contributed by atoms with van der Waals surface area (Å²) in [6.45, 7) is 39.8. The minimum Gasteiger partial charge on any atom is -0.459 e. The molecule has 6 heterocycles. The first-order valence-electron chi connectivity index (χ1n) is 32.3. The first-order chi connectivity index (χ1) is 42.3. The second-order valence-corrected chi connectivity index (χ2v) is 25.3. The van der Waals surface area contributed by atoms with E-state index < -0.39 is 24.1 Å². The van der Waals surface area contributed by atoms with Crippen LogP contribution in [0.2, 0.25) is 0 Å². The molecular weight excluding hydrogens is 1120 g/mol. The summed E-state index contributed by atoms with van der Waals surface area (Å²) in [4.78, 5) is 86.7. The summed E-state index contributed by atoms with van der Waals surface area (Å²) in [5.74, 6) is 1.20. The number of morpholine rings is 2. The van der Waals surface area contributed by atoms with E-state index in [1.807, 2.05) is 25.1 Å². The van der Waals surface area contributed by atoms with Gasteiger partial charge in [0.1, 0.15) is 29.2 Å². The number of anilines is 1. The molecule has 2 aliphatic carbocycles. The van der Waals surface area contributed by atoms with Crippen LogP contribution in [0.3, 0.4) is 0 Å². The monoisotopic (exact) mass is 1220 g/mol. The van der Waals surface area contributed by atoms with Crippen LogP contribution in [-0.4, -0.2) is 134 Å². The van der Waals surface area contributed by atoms with Crippen molar-refractivity contribution in [3.05, 3.63) is 63.5 Å². The number of benzene rings is 1. The Morgan fingerprint density at radius 3 is 1.52 bits per heavy atom. The molecule has 2 saturated heterocycles. The molecule has 4 aliphatic rings. The van der Waals surface area contributed by atoms with Crippen LogP contribution in [0.25, 0.3) is 32.4 Å². The van der Waals surface area contributed by atoms with Gasteiger partial charge in [0.2, 0.25) is 17.7 Å². The lowest BCUT2D eigenvalue weighted by Gasteiger charge is -2.37. The SMILES string of the molecule is [C-]#[N+]c1c(C(=O)OC2C(C)CC(C)CC2C)c2nc(-c3ccc(C)c(NC(=O)C(CCCCCC)CCCCCCCC)c3)[nH]n2c1OC(=O)N1CCOCC1.[C-]#[N+]c1c(C(=O)OC2C(C)CC(C)CC2C)c2nc(C)[nH]n2c1OC(=O)N1CCOCC1. The Balaban J connectivity index is 0.000000264. The third kappa shape index (κ3) is 16.1. The smallest absolute Gasteiger partial charge is 0.415 e. The van der Waals surface area contributed by atoms with Gasteiger partial charge in [-0.15, -0.1) is 0 Å². The van der Waals surface area contributed by atoms with Crippen LogP contribution in [0, 0.1) is 68.4 Å². The van der Waals surface area contributed by atoms with E-state index in [2.05, 4.69) is 85.6 Å². The Kier molecular flexibility index (Phi) is 23.5. The van der Waals surface area contributed by atoms with Crippen molar-refractivity contribution in [2.24, 2.45) is 41.4 Å². The molecule has 4 fully saturated rings. The molecule has 0 spiro atoms. The highest BCUT2D eigenvalue weighted by atomic mass is 16.6. The first-order valence-corrected chi connectivity index (χ1v) is 32.3. The Hall–Kier alpha value is -7.43. The topological polar surface area (TPSA) is 234 Å². The number of ether oxygens (including phenoxy) is 6. The number of esters is 2. The number of H-pyrrole nitrogens is 2. The molecule has 88 heavy (non-hydrogen) atoms. The third-order valence-corrected chi connectivity index (χ3v) is 18.0. The highest BCUT2D eigenvalue weighted by Gasteiger charge is 2.40. The fourth-order valence-corrected chi connectivity index (χ4v) is 13.5. The maximum absolute atomic E-state index is 14.1. The molecule has 0 bridgehead atoms. The molecule has 5 unspecified atom stereocenters. The molecule has 9 rings (SSSR count). The minimum absolute atomic E-state index is 0.0205. The zero-order valence-corrected chi connectivity index (χ0v) is 53.5. The number of aromatic amines is 2. The fourth-order valence-electron chi connectivity index (χ4n) is 13.5. The summed E-state index contributed by atoms with van der Waals surface area (Å²) in [6, 6.07) is 5.70. The van der Waals surface area contributed by atoms with Crippen LogP contribution in [0.5, 0.6) is 11.8 Å². The number of nitrogens with zero attached hydrogens (tertiary/aromatic N) is 8. The van der Waals surface area contributed by atoms with E-state index in [4.69, 9.17) is 46.5 Å². The van der Waals surface area contributed by atoms with E-state index in [-0.39, 0.29) is 93.3 Å². The predicted molar refractivity (Wildman–Crippen MR) is 334 cm³/mol. The molecule has 0 radical (unpaired) electrons. The minimum atomic E-state index is -0.675. The molecular formula is C66H93N11O11. The van der Waals surface area contributed by atoms with E-state index in [1.165, 1.54) is 50.9 Å². The molecule has 2 saturated carbocycles. The van der Waals surface area contributed by atoms with Crippen molar-refractivity contribution in [3.63, 3.8) is 0 Å². The third-order valence-electron chi connectivity index (χ3n) is 18.0.